The first kappa shape index (κ1) is 17.3. The molecule has 1 aromatic rings. The Morgan fingerprint density at radius 2 is 2.05 bits per heavy atom. The van der Waals surface area contributed by atoms with Crippen molar-refractivity contribution in [2.24, 2.45) is 5.92 Å². The average molecular weight is 375 g/mol. The minimum atomic E-state index is -0.157. The van der Waals surface area contributed by atoms with Gasteiger partial charge in [-0.25, -0.2) is 0 Å². The van der Waals surface area contributed by atoms with Crippen molar-refractivity contribution in [3.8, 4) is 0 Å². The first-order valence-corrected chi connectivity index (χ1v) is 8.72. The van der Waals surface area contributed by atoms with Crippen molar-refractivity contribution in [1.82, 2.24) is 5.32 Å². The fraction of sp³-hybridized carbons (Fsp3) is 0.647. The van der Waals surface area contributed by atoms with Crippen LogP contribution in [0.4, 0.5) is 0 Å². The number of ether oxygens (including phenoxy) is 1. The fourth-order valence-electron chi connectivity index (χ4n) is 3.54. The molecule has 0 bridgehead atoms. The van der Waals surface area contributed by atoms with Crippen molar-refractivity contribution < 1.29 is 4.74 Å². The van der Waals surface area contributed by atoms with Crippen molar-refractivity contribution in [2.45, 2.75) is 58.3 Å². The second-order valence-corrected chi connectivity index (χ2v) is 8.25. The van der Waals surface area contributed by atoms with E-state index >= 15 is 0 Å². The van der Waals surface area contributed by atoms with Gasteiger partial charge in [0.1, 0.15) is 0 Å². The lowest BCUT2D eigenvalue weighted by molar-refractivity contribution is -0.0778. The van der Waals surface area contributed by atoms with Crippen LogP contribution in [0.25, 0.3) is 0 Å². The predicted molar refractivity (Wildman–Crippen MR) is 92.9 cm³/mol. The highest BCUT2D eigenvalue weighted by molar-refractivity contribution is 9.10. The summed E-state index contributed by atoms with van der Waals surface area (Å²) >= 11 is 9.75. The van der Waals surface area contributed by atoms with Crippen LogP contribution in [-0.2, 0) is 4.74 Å². The molecule has 0 spiro atoms. The van der Waals surface area contributed by atoms with Gasteiger partial charge in [0, 0.05) is 16.4 Å². The molecule has 2 atom stereocenters. The standard InChI is InChI=1S/C17H25BrClNO/c1-6-20-15(11-7-8-13(18)14(19)9-11)12-10-16(2,3)21-17(12,4)5/h7-9,12,15,20H,6,10H2,1-5H3. The predicted octanol–water partition coefficient (Wildman–Crippen LogP) is 5.35. The third kappa shape index (κ3) is 3.82. The van der Waals surface area contributed by atoms with Gasteiger partial charge in [-0.05, 0) is 74.3 Å². The Hall–Kier alpha value is -0.0900. The number of rotatable bonds is 4. The van der Waals surface area contributed by atoms with Gasteiger partial charge < -0.3 is 10.1 Å². The molecule has 1 N–H and O–H groups in total. The summed E-state index contributed by atoms with van der Waals surface area (Å²) in [4.78, 5) is 0. The van der Waals surface area contributed by atoms with Gasteiger partial charge in [0.15, 0.2) is 0 Å². The van der Waals surface area contributed by atoms with Crippen LogP contribution in [0.15, 0.2) is 22.7 Å². The third-order valence-corrected chi connectivity index (χ3v) is 5.51. The van der Waals surface area contributed by atoms with E-state index in [4.69, 9.17) is 16.3 Å². The molecule has 1 aromatic carbocycles. The van der Waals surface area contributed by atoms with Gasteiger partial charge in [-0.2, -0.15) is 0 Å². The number of benzene rings is 1. The third-order valence-electron chi connectivity index (χ3n) is 4.27. The number of hydrogen-bond acceptors (Lipinski definition) is 2. The van der Waals surface area contributed by atoms with Gasteiger partial charge >= 0.3 is 0 Å². The smallest absolute Gasteiger partial charge is 0.0681 e. The lowest BCUT2D eigenvalue weighted by Gasteiger charge is -2.34. The Bertz CT molecular complexity index is 516. The van der Waals surface area contributed by atoms with Crippen LogP contribution in [0.2, 0.25) is 5.02 Å². The van der Waals surface area contributed by atoms with Gasteiger partial charge in [0.05, 0.1) is 16.2 Å². The zero-order valence-corrected chi connectivity index (χ0v) is 15.8. The van der Waals surface area contributed by atoms with E-state index in [1.54, 1.807) is 0 Å². The zero-order chi connectivity index (χ0) is 15.8. The molecule has 1 fully saturated rings. The molecule has 1 aliphatic rings. The maximum Gasteiger partial charge on any atom is 0.0681 e. The SMILES string of the molecule is CCNC(c1ccc(Br)c(Cl)c1)C1CC(C)(C)OC1(C)C. The average Bonchev–Trinajstić information content (AvgIpc) is 2.58. The summed E-state index contributed by atoms with van der Waals surface area (Å²) in [6.45, 7) is 11.8. The Kier molecular flexibility index (Phi) is 5.09. The molecular formula is C17H25BrClNO. The number of halogens is 2. The fourth-order valence-corrected chi connectivity index (χ4v) is 3.98. The molecule has 2 nitrogen and oxygen atoms in total. The monoisotopic (exact) mass is 373 g/mol. The van der Waals surface area contributed by atoms with Gasteiger partial charge in [-0.15, -0.1) is 0 Å². The summed E-state index contributed by atoms with van der Waals surface area (Å²) in [5.74, 6) is 0.407. The Morgan fingerprint density at radius 1 is 1.38 bits per heavy atom. The van der Waals surface area contributed by atoms with Crippen LogP contribution in [0.1, 0.15) is 52.6 Å². The molecule has 0 saturated carbocycles. The van der Waals surface area contributed by atoms with E-state index in [1.807, 2.05) is 6.07 Å². The van der Waals surface area contributed by atoms with Crippen LogP contribution in [0.5, 0.6) is 0 Å². The van der Waals surface area contributed by atoms with Crippen molar-refractivity contribution in [2.75, 3.05) is 6.54 Å². The van der Waals surface area contributed by atoms with Crippen molar-refractivity contribution in [3.05, 3.63) is 33.3 Å². The second-order valence-electron chi connectivity index (χ2n) is 6.98. The molecule has 0 aromatic heterocycles. The first-order chi connectivity index (χ1) is 9.66. The maximum atomic E-state index is 6.29. The van der Waals surface area contributed by atoms with E-state index in [2.05, 4.69) is 68.0 Å². The van der Waals surface area contributed by atoms with Crippen molar-refractivity contribution in [1.29, 1.82) is 0 Å². The van der Waals surface area contributed by atoms with E-state index in [0.717, 1.165) is 22.5 Å². The van der Waals surface area contributed by atoms with Crippen molar-refractivity contribution in [3.63, 3.8) is 0 Å². The van der Waals surface area contributed by atoms with Crippen LogP contribution < -0.4 is 5.32 Å². The summed E-state index contributed by atoms with van der Waals surface area (Å²) < 4.78 is 7.20. The molecule has 0 aliphatic carbocycles. The molecule has 1 heterocycles. The van der Waals surface area contributed by atoms with E-state index in [1.165, 1.54) is 5.56 Å². The molecule has 1 aliphatic heterocycles. The van der Waals surface area contributed by atoms with Gasteiger partial charge in [0.2, 0.25) is 0 Å². The molecule has 0 radical (unpaired) electrons. The minimum Gasteiger partial charge on any atom is -0.369 e. The van der Waals surface area contributed by atoms with Crippen LogP contribution in [0, 0.1) is 5.92 Å². The lowest BCUT2D eigenvalue weighted by Crippen LogP contribution is -2.38. The zero-order valence-electron chi connectivity index (χ0n) is 13.5. The maximum absolute atomic E-state index is 6.29. The quantitative estimate of drug-likeness (QED) is 0.767. The molecule has 4 heteroatoms. The van der Waals surface area contributed by atoms with Crippen LogP contribution in [0.3, 0.4) is 0 Å². The highest BCUT2D eigenvalue weighted by atomic mass is 79.9. The van der Waals surface area contributed by atoms with Crippen molar-refractivity contribution >= 4 is 27.5 Å². The Balaban J connectivity index is 2.36. The molecule has 0 amide bonds. The van der Waals surface area contributed by atoms with E-state index in [-0.39, 0.29) is 17.2 Å². The molecular weight excluding hydrogens is 350 g/mol. The summed E-state index contributed by atoms with van der Waals surface area (Å²) in [6, 6.07) is 6.47. The Morgan fingerprint density at radius 3 is 2.52 bits per heavy atom. The number of hydrogen-bond donors (Lipinski definition) is 1. The number of nitrogens with one attached hydrogen (secondary N) is 1. The van der Waals surface area contributed by atoms with Gasteiger partial charge in [-0.3, -0.25) is 0 Å². The van der Waals surface area contributed by atoms with Gasteiger partial charge in [0.25, 0.3) is 0 Å². The van der Waals surface area contributed by atoms with E-state index < -0.39 is 0 Å². The summed E-state index contributed by atoms with van der Waals surface area (Å²) in [5.41, 5.74) is 0.987. The second kappa shape index (κ2) is 6.19. The minimum absolute atomic E-state index is 0.0823. The summed E-state index contributed by atoms with van der Waals surface area (Å²) in [7, 11) is 0. The first-order valence-electron chi connectivity index (χ1n) is 7.55. The van der Waals surface area contributed by atoms with E-state index in [0.29, 0.717) is 5.92 Å². The normalized spacial score (nSPS) is 25.0. The summed E-state index contributed by atoms with van der Waals surface area (Å²) in [5, 5.41) is 4.38. The van der Waals surface area contributed by atoms with Crippen LogP contribution >= 0.6 is 27.5 Å². The topological polar surface area (TPSA) is 21.3 Å². The van der Waals surface area contributed by atoms with Gasteiger partial charge in [-0.1, -0.05) is 24.6 Å². The molecule has 21 heavy (non-hydrogen) atoms. The lowest BCUT2D eigenvalue weighted by atomic mass is 9.79. The Labute approximate surface area is 141 Å². The highest BCUT2D eigenvalue weighted by Gasteiger charge is 2.49. The highest BCUT2D eigenvalue weighted by Crippen LogP contribution is 2.48. The molecule has 1 saturated heterocycles. The molecule has 2 unspecified atom stereocenters. The summed E-state index contributed by atoms with van der Waals surface area (Å²) in [6.07, 6.45) is 1.03. The molecule has 2 rings (SSSR count). The van der Waals surface area contributed by atoms with Crippen LogP contribution in [-0.4, -0.2) is 17.7 Å². The van der Waals surface area contributed by atoms with E-state index in [9.17, 15) is 0 Å². The largest absolute Gasteiger partial charge is 0.369 e. The molecule has 118 valence electrons.